The van der Waals surface area contributed by atoms with E-state index in [0.29, 0.717) is 84.1 Å². The molecular formula is C29H32F2N6O2S. The lowest BCUT2D eigenvalue weighted by molar-refractivity contribution is 0.0987. The number of fused-ring (bicyclic) bond motifs is 1. The molecular weight excluding hydrogens is 534 g/mol. The second-order valence-electron chi connectivity index (χ2n) is 9.42. The smallest absolute Gasteiger partial charge is 0.163 e. The first-order valence-corrected chi connectivity index (χ1v) is 14.3. The van der Waals surface area contributed by atoms with E-state index >= 15 is 4.39 Å². The maximum absolute atomic E-state index is 15.8. The van der Waals surface area contributed by atoms with Crippen molar-refractivity contribution >= 4 is 40.2 Å². The molecule has 0 bridgehead atoms. The number of benzene rings is 2. The van der Waals surface area contributed by atoms with Crippen LogP contribution in [-0.4, -0.2) is 59.8 Å². The molecule has 1 unspecified atom stereocenters. The highest BCUT2D eigenvalue weighted by molar-refractivity contribution is 8.00. The minimum atomic E-state index is -0.406. The highest BCUT2D eigenvalue weighted by Gasteiger charge is 2.26. The van der Waals surface area contributed by atoms with E-state index in [4.69, 9.17) is 25.2 Å². The SMILES string of the molecule is CCOc1cc(-c2cccc(NSCCCF)c2F)cc2c(N3CCOCC3C)nc(-c3ccc(N)nc3)nc12. The van der Waals surface area contributed by atoms with Crippen LogP contribution in [0.15, 0.2) is 48.7 Å². The number of anilines is 3. The molecule has 2 aromatic heterocycles. The number of rotatable bonds is 10. The van der Waals surface area contributed by atoms with Crippen molar-refractivity contribution in [2.24, 2.45) is 0 Å². The number of aromatic nitrogens is 3. The molecule has 4 aromatic rings. The molecule has 40 heavy (non-hydrogen) atoms. The topological polar surface area (TPSA) is 98.4 Å². The molecule has 0 radical (unpaired) electrons. The second kappa shape index (κ2) is 12.6. The van der Waals surface area contributed by atoms with Gasteiger partial charge in [-0.05, 0) is 56.2 Å². The van der Waals surface area contributed by atoms with Crippen LogP contribution in [0, 0.1) is 5.82 Å². The molecule has 2 aromatic carbocycles. The molecule has 1 aliphatic heterocycles. The lowest BCUT2D eigenvalue weighted by atomic mass is 10.0. The van der Waals surface area contributed by atoms with Crippen LogP contribution in [0.1, 0.15) is 20.3 Å². The van der Waals surface area contributed by atoms with E-state index in [2.05, 4.69) is 21.5 Å². The number of nitrogens with zero attached hydrogens (tertiary/aromatic N) is 4. The summed E-state index contributed by atoms with van der Waals surface area (Å²) < 4.78 is 43.0. The fourth-order valence-electron chi connectivity index (χ4n) is 4.62. The van der Waals surface area contributed by atoms with Gasteiger partial charge in [0.15, 0.2) is 11.6 Å². The Balaban J connectivity index is 1.68. The third kappa shape index (κ3) is 5.90. The number of nitrogens with one attached hydrogen (secondary N) is 1. The molecule has 0 saturated carbocycles. The summed E-state index contributed by atoms with van der Waals surface area (Å²) in [5.41, 5.74) is 8.54. The van der Waals surface area contributed by atoms with Gasteiger partial charge < -0.3 is 24.8 Å². The molecule has 11 heteroatoms. The molecule has 0 spiro atoms. The van der Waals surface area contributed by atoms with E-state index < -0.39 is 12.5 Å². The molecule has 1 saturated heterocycles. The molecule has 8 nitrogen and oxygen atoms in total. The maximum Gasteiger partial charge on any atom is 0.163 e. The van der Waals surface area contributed by atoms with Crippen LogP contribution < -0.4 is 20.1 Å². The molecule has 0 aliphatic carbocycles. The zero-order valence-corrected chi connectivity index (χ0v) is 23.3. The van der Waals surface area contributed by atoms with Gasteiger partial charge in [-0.15, -0.1) is 0 Å². The van der Waals surface area contributed by atoms with Crippen LogP contribution in [0.2, 0.25) is 0 Å². The van der Waals surface area contributed by atoms with Crippen LogP contribution in [-0.2, 0) is 4.74 Å². The van der Waals surface area contributed by atoms with Crippen molar-refractivity contribution in [1.82, 2.24) is 15.0 Å². The van der Waals surface area contributed by atoms with Crippen LogP contribution in [0.4, 0.5) is 26.1 Å². The summed E-state index contributed by atoms with van der Waals surface area (Å²) in [4.78, 5) is 16.3. The standard InChI is InChI=1S/C29H32F2N6O2S/c1-3-39-24-15-20(21-6-4-7-23(26(21)31)36-40-13-5-10-30)14-22-27(24)34-28(19-8-9-25(32)33-16-19)35-29(22)37-11-12-38-17-18(37)2/h4,6-9,14-16,18,36H,3,5,10-13,17H2,1-2H3,(H2,32,33). The van der Waals surface area contributed by atoms with Crippen LogP contribution in [0.5, 0.6) is 5.75 Å². The van der Waals surface area contributed by atoms with Crippen molar-refractivity contribution in [1.29, 1.82) is 0 Å². The summed E-state index contributed by atoms with van der Waals surface area (Å²) in [5.74, 6) is 2.28. The molecule has 5 rings (SSSR count). The number of nitrogens with two attached hydrogens (primary N) is 1. The van der Waals surface area contributed by atoms with Gasteiger partial charge in [-0.2, -0.15) is 0 Å². The summed E-state index contributed by atoms with van der Waals surface area (Å²) in [6.45, 7) is 5.75. The fourth-order valence-corrected chi connectivity index (χ4v) is 5.29. The summed E-state index contributed by atoms with van der Waals surface area (Å²) in [7, 11) is 0. The number of ether oxygens (including phenoxy) is 2. The number of pyridine rings is 1. The summed E-state index contributed by atoms with van der Waals surface area (Å²) in [6, 6.07) is 12.5. The third-order valence-corrected chi connectivity index (χ3v) is 7.46. The average Bonchev–Trinajstić information content (AvgIpc) is 2.96. The van der Waals surface area contributed by atoms with Gasteiger partial charge in [-0.3, -0.25) is 4.39 Å². The van der Waals surface area contributed by atoms with Gasteiger partial charge in [0.25, 0.3) is 0 Å². The Labute approximate surface area is 236 Å². The number of hydrogen-bond acceptors (Lipinski definition) is 9. The molecule has 1 aliphatic rings. The Kier molecular flexibility index (Phi) is 8.81. The van der Waals surface area contributed by atoms with E-state index in [1.54, 1.807) is 30.5 Å². The minimum absolute atomic E-state index is 0.0639. The van der Waals surface area contributed by atoms with Gasteiger partial charge in [0.05, 0.1) is 38.2 Å². The van der Waals surface area contributed by atoms with Crippen molar-refractivity contribution in [2.45, 2.75) is 26.3 Å². The van der Waals surface area contributed by atoms with Crippen molar-refractivity contribution in [3.05, 3.63) is 54.5 Å². The molecule has 1 fully saturated rings. The first-order chi connectivity index (χ1) is 19.5. The lowest BCUT2D eigenvalue weighted by Crippen LogP contribution is -2.44. The van der Waals surface area contributed by atoms with Crippen LogP contribution >= 0.6 is 11.9 Å². The number of hydrogen-bond donors (Lipinski definition) is 2. The summed E-state index contributed by atoms with van der Waals surface area (Å²) in [5, 5.41) is 0.747. The summed E-state index contributed by atoms with van der Waals surface area (Å²) in [6.07, 6.45) is 2.05. The van der Waals surface area contributed by atoms with Gasteiger partial charge in [0, 0.05) is 35.0 Å². The quantitative estimate of drug-likeness (QED) is 0.174. The summed E-state index contributed by atoms with van der Waals surface area (Å²) >= 11 is 1.28. The van der Waals surface area contributed by atoms with Gasteiger partial charge in [0.2, 0.25) is 0 Å². The molecule has 3 heterocycles. The van der Waals surface area contributed by atoms with Gasteiger partial charge in [0.1, 0.15) is 22.9 Å². The van der Waals surface area contributed by atoms with E-state index in [0.717, 1.165) is 10.9 Å². The van der Waals surface area contributed by atoms with Gasteiger partial charge >= 0.3 is 0 Å². The first kappa shape index (κ1) is 27.9. The maximum atomic E-state index is 15.8. The predicted octanol–water partition coefficient (Wildman–Crippen LogP) is 6.12. The van der Waals surface area contributed by atoms with Crippen molar-refractivity contribution in [3.63, 3.8) is 0 Å². The highest BCUT2D eigenvalue weighted by atomic mass is 32.2. The van der Waals surface area contributed by atoms with Crippen molar-refractivity contribution in [2.75, 3.05) is 54.1 Å². The first-order valence-electron chi connectivity index (χ1n) is 13.3. The number of nitrogen functional groups attached to an aromatic ring is 1. The predicted molar refractivity (Wildman–Crippen MR) is 158 cm³/mol. The molecule has 1 atom stereocenters. The van der Waals surface area contributed by atoms with E-state index in [1.165, 1.54) is 11.9 Å². The largest absolute Gasteiger partial charge is 0.492 e. The fraction of sp³-hybridized carbons (Fsp3) is 0.345. The molecule has 210 valence electrons. The van der Waals surface area contributed by atoms with Crippen LogP contribution in [0.25, 0.3) is 33.4 Å². The normalized spacial score (nSPS) is 15.4. The van der Waals surface area contributed by atoms with Crippen molar-refractivity contribution in [3.8, 4) is 28.3 Å². The Morgan fingerprint density at radius 3 is 2.83 bits per heavy atom. The zero-order valence-electron chi connectivity index (χ0n) is 22.5. The monoisotopic (exact) mass is 566 g/mol. The number of morpholine rings is 1. The van der Waals surface area contributed by atoms with Gasteiger partial charge in [-0.25, -0.2) is 19.3 Å². The zero-order chi connectivity index (χ0) is 28.1. The highest BCUT2D eigenvalue weighted by Crippen LogP contribution is 2.39. The van der Waals surface area contributed by atoms with E-state index in [-0.39, 0.29) is 6.04 Å². The average molecular weight is 567 g/mol. The van der Waals surface area contributed by atoms with Crippen LogP contribution in [0.3, 0.4) is 0 Å². The lowest BCUT2D eigenvalue weighted by Gasteiger charge is -2.35. The number of halogens is 2. The second-order valence-corrected chi connectivity index (χ2v) is 10.3. The molecule has 0 amide bonds. The Morgan fingerprint density at radius 1 is 1.20 bits per heavy atom. The Morgan fingerprint density at radius 2 is 2.08 bits per heavy atom. The molecule has 3 N–H and O–H groups in total. The minimum Gasteiger partial charge on any atom is -0.492 e. The van der Waals surface area contributed by atoms with Crippen molar-refractivity contribution < 1.29 is 18.3 Å². The van der Waals surface area contributed by atoms with E-state index in [9.17, 15) is 4.39 Å². The number of alkyl halides is 1. The van der Waals surface area contributed by atoms with E-state index in [1.807, 2.05) is 25.1 Å². The Bertz CT molecular complexity index is 1470. The Hall–Kier alpha value is -3.70. The van der Waals surface area contributed by atoms with Gasteiger partial charge in [-0.1, -0.05) is 24.1 Å². The third-order valence-electron chi connectivity index (χ3n) is 6.60.